The number of hydrogen-bond donors (Lipinski definition) is 2. The van der Waals surface area contributed by atoms with Gasteiger partial charge in [-0.25, -0.2) is 0 Å². The standard InChI is InChI=1S/C9H12BrNO/c1-6-7(9(12)5-11)3-2-4-8(6)10/h2-4,9,12H,5,11H2,1H3. The largest absolute Gasteiger partial charge is 0.387 e. The highest BCUT2D eigenvalue weighted by atomic mass is 79.9. The summed E-state index contributed by atoms with van der Waals surface area (Å²) >= 11 is 3.39. The SMILES string of the molecule is Cc1c(Br)cccc1C(O)CN. The first-order valence-electron chi connectivity index (χ1n) is 3.80. The average molecular weight is 230 g/mol. The highest BCUT2D eigenvalue weighted by Gasteiger charge is 2.08. The van der Waals surface area contributed by atoms with Crippen LogP contribution in [0, 0.1) is 6.92 Å². The van der Waals surface area contributed by atoms with Crippen LogP contribution in [0.15, 0.2) is 22.7 Å². The molecule has 2 nitrogen and oxygen atoms in total. The number of nitrogens with two attached hydrogens (primary N) is 1. The Hall–Kier alpha value is -0.380. The van der Waals surface area contributed by atoms with E-state index in [1.165, 1.54) is 0 Å². The Morgan fingerprint density at radius 2 is 2.25 bits per heavy atom. The zero-order valence-corrected chi connectivity index (χ0v) is 8.51. The minimum atomic E-state index is -0.553. The fraction of sp³-hybridized carbons (Fsp3) is 0.333. The lowest BCUT2D eigenvalue weighted by molar-refractivity contribution is 0.186. The first kappa shape index (κ1) is 9.71. The number of hydrogen-bond acceptors (Lipinski definition) is 2. The van der Waals surface area contributed by atoms with E-state index in [2.05, 4.69) is 15.9 Å². The second-order valence-corrected chi connectivity index (χ2v) is 3.56. The summed E-state index contributed by atoms with van der Waals surface area (Å²) in [5.74, 6) is 0. The first-order valence-corrected chi connectivity index (χ1v) is 4.59. The lowest BCUT2D eigenvalue weighted by Gasteiger charge is -2.11. The fourth-order valence-corrected chi connectivity index (χ4v) is 1.49. The van der Waals surface area contributed by atoms with E-state index < -0.39 is 6.10 Å². The van der Waals surface area contributed by atoms with Gasteiger partial charge in [0.15, 0.2) is 0 Å². The van der Waals surface area contributed by atoms with Gasteiger partial charge in [0.2, 0.25) is 0 Å². The summed E-state index contributed by atoms with van der Waals surface area (Å²) in [7, 11) is 0. The molecule has 1 aromatic rings. The van der Waals surface area contributed by atoms with Crippen molar-refractivity contribution >= 4 is 15.9 Å². The van der Waals surface area contributed by atoms with Crippen molar-refractivity contribution in [1.29, 1.82) is 0 Å². The third-order valence-electron chi connectivity index (χ3n) is 1.89. The Kier molecular flexibility index (Phi) is 3.26. The van der Waals surface area contributed by atoms with Crippen molar-refractivity contribution in [2.45, 2.75) is 13.0 Å². The topological polar surface area (TPSA) is 46.2 Å². The summed E-state index contributed by atoms with van der Waals surface area (Å²) in [5.41, 5.74) is 7.30. The molecule has 1 unspecified atom stereocenters. The molecule has 12 heavy (non-hydrogen) atoms. The van der Waals surface area contributed by atoms with Gasteiger partial charge in [0, 0.05) is 11.0 Å². The second-order valence-electron chi connectivity index (χ2n) is 2.71. The van der Waals surface area contributed by atoms with Gasteiger partial charge in [-0.1, -0.05) is 28.1 Å². The van der Waals surface area contributed by atoms with E-state index in [-0.39, 0.29) is 6.54 Å². The molecule has 66 valence electrons. The Balaban J connectivity index is 3.07. The lowest BCUT2D eigenvalue weighted by Crippen LogP contribution is -2.12. The molecule has 3 heteroatoms. The third kappa shape index (κ3) is 1.86. The van der Waals surface area contributed by atoms with Crippen molar-refractivity contribution in [2.75, 3.05) is 6.54 Å². The van der Waals surface area contributed by atoms with Gasteiger partial charge in [-0.15, -0.1) is 0 Å². The van der Waals surface area contributed by atoms with Crippen molar-refractivity contribution in [3.8, 4) is 0 Å². The van der Waals surface area contributed by atoms with Crippen LogP contribution in [0.25, 0.3) is 0 Å². The van der Waals surface area contributed by atoms with E-state index in [0.717, 1.165) is 15.6 Å². The Morgan fingerprint density at radius 3 is 2.83 bits per heavy atom. The third-order valence-corrected chi connectivity index (χ3v) is 2.75. The van der Waals surface area contributed by atoms with Crippen LogP contribution < -0.4 is 5.73 Å². The highest BCUT2D eigenvalue weighted by molar-refractivity contribution is 9.10. The molecule has 0 saturated heterocycles. The smallest absolute Gasteiger partial charge is 0.0915 e. The van der Waals surface area contributed by atoms with Crippen LogP contribution in [0.5, 0.6) is 0 Å². The summed E-state index contributed by atoms with van der Waals surface area (Å²) < 4.78 is 1.01. The van der Waals surface area contributed by atoms with Gasteiger partial charge in [-0.3, -0.25) is 0 Å². The quantitative estimate of drug-likeness (QED) is 0.812. The van der Waals surface area contributed by atoms with Gasteiger partial charge in [0.25, 0.3) is 0 Å². The van der Waals surface area contributed by atoms with E-state index in [9.17, 15) is 5.11 Å². The average Bonchev–Trinajstić information content (AvgIpc) is 2.08. The van der Waals surface area contributed by atoms with Gasteiger partial charge < -0.3 is 10.8 Å². The number of benzene rings is 1. The minimum absolute atomic E-state index is 0.261. The van der Waals surface area contributed by atoms with E-state index in [4.69, 9.17) is 5.73 Å². The molecular weight excluding hydrogens is 218 g/mol. The maximum absolute atomic E-state index is 9.49. The minimum Gasteiger partial charge on any atom is -0.387 e. The van der Waals surface area contributed by atoms with Crippen molar-refractivity contribution in [1.82, 2.24) is 0 Å². The molecular formula is C9H12BrNO. The molecule has 0 radical (unpaired) electrons. The van der Waals surface area contributed by atoms with Crippen LogP contribution in [-0.2, 0) is 0 Å². The maximum atomic E-state index is 9.49. The van der Waals surface area contributed by atoms with E-state index in [0.29, 0.717) is 0 Å². The molecule has 0 aliphatic heterocycles. The van der Waals surface area contributed by atoms with Crippen LogP contribution in [0.1, 0.15) is 17.2 Å². The monoisotopic (exact) mass is 229 g/mol. The molecule has 0 fully saturated rings. The van der Waals surface area contributed by atoms with Crippen molar-refractivity contribution in [3.05, 3.63) is 33.8 Å². The zero-order chi connectivity index (χ0) is 9.14. The first-order chi connectivity index (χ1) is 5.66. The van der Waals surface area contributed by atoms with Gasteiger partial charge in [0.05, 0.1) is 6.10 Å². The van der Waals surface area contributed by atoms with Gasteiger partial charge in [-0.2, -0.15) is 0 Å². The molecule has 0 spiro atoms. The van der Waals surface area contributed by atoms with Crippen LogP contribution in [0.4, 0.5) is 0 Å². The number of halogens is 1. The molecule has 1 rings (SSSR count). The summed E-state index contributed by atoms with van der Waals surface area (Å²) in [6, 6.07) is 5.73. The molecule has 0 amide bonds. The molecule has 1 atom stereocenters. The highest BCUT2D eigenvalue weighted by Crippen LogP contribution is 2.23. The Morgan fingerprint density at radius 1 is 1.58 bits per heavy atom. The summed E-state index contributed by atoms with van der Waals surface area (Å²) in [6.45, 7) is 2.22. The second kappa shape index (κ2) is 4.03. The van der Waals surface area contributed by atoms with Gasteiger partial charge in [-0.05, 0) is 24.1 Å². The van der Waals surface area contributed by atoms with Crippen molar-refractivity contribution < 1.29 is 5.11 Å². The van der Waals surface area contributed by atoms with E-state index in [1.54, 1.807) is 0 Å². The van der Waals surface area contributed by atoms with Crippen molar-refractivity contribution in [2.24, 2.45) is 5.73 Å². The molecule has 0 aliphatic rings. The van der Waals surface area contributed by atoms with E-state index >= 15 is 0 Å². The lowest BCUT2D eigenvalue weighted by atomic mass is 10.0. The summed E-state index contributed by atoms with van der Waals surface area (Å²) in [6.07, 6.45) is -0.553. The van der Waals surface area contributed by atoms with Crippen LogP contribution in [0.2, 0.25) is 0 Å². The number of aliphatic hydroxyl groups is 1. The van der Waals surface area contributed by atoms with E-state index in [1.807, 2.05) is 25.1 Å². The number of rotatable bonds is 2. The molecule has 3 N–H and O–H groups in total. The van der Waals surface area contributed by atoms with Crippen molar-refractivity contribution in [3.63, 3.8) is 0 Å². The summed E-state index contributed by atoms with van der Waals surface area (Å²) in [4.78, 5) is 0. The predicted molar refractivity (Wildman–Crippen MR) is 52.9 cm³/mol. The molecule has 0 aromatic heterocycles. The van der Waals surface area contributed by atoms with Crippen LogP contribution >= 0.6 is 15.9 Å². The van der Waals surface area contributed by atoms with Gasteiger partial charge >= 0.3 is 0 Å². The molecule has 0 aliphatic carbocycles. The summed E-state index contributed by atoms with van der Waals surface area (Å²) in [5, 5.41) is 9.49. The fourth-order valence-electron chi connectivity index (χ4n) is 1.11. The van der Waals surface area contributed by atoms with Crippen LogP contribution in [-0.4, -0.2) is 11.7 Å². The number of aliphatic hydroxyl groups excluding tert-OH is 1. The molecule has 0 saturated carbocycles. The molecule has 0 heterocycles. The zero-order valence-electron chi connectivity index (χ0n) is 6.92. The van der Waals surface area contributed by atoms with Gasteiger partial charge in [0.1, 0.15) is 0 Å². The molecule has 1 aromatic carbocycles. The predicted octanol–water partition coefficient (Wildman–Crippen LogP) is 1.75. The molecule has 0 bridgehead atoms. The Bertz CT molecular complexity index is 275. The Labute approximate surface area is 80.5 Å². The maximum Gasteiger partial charge on any atom is 0.0915 e. The normalized spacial score (nSPS) is 13.0. The van der Waals surface area contributed by atoms with Crippen LogP contribution in [0.3, 0.4) is 0 Å².